The van der Waals surface area contributed by atoms with Gasteiger partial charge in [0, 0.05) is 12.7 Å². The molecule has 3 nitrogen and oxygen atoms in total. The normalized spacial score (nSPS) is 24.2. The van der Waals surface area contributed by atoms with Gasteiger partial charge in [0.2, 0.25) is 0 Å². The number of hydrogen-bond donors (Lipinski definition) is 2. The van der Waals surface area contributed by atoms with Crippen LogP contribution in [0, 0.1) is 5.92 Å². The van der Waals surface area contributed by atoms with E-state index in [4.69, 9.17) is 5.11 Å². The first-order chi connectivity index (χ1) is 7.97. The molecule has 0 aromatic carbocycles. The maximum absolute atomic E-state index is 12.6. The Balaban J connectivity index is 2.00. The molecule has 2 rings (SSSR count). The second kappa shape index (κ2) is 4.52. The summed E-state index contributed by atoms with van der Waals surface area (Å²) in [7, 11) is 0. The van der Waals surface area contributed by atoms with E-state index in [-0.39, 0.29) is 17.8 Å². The Kier molecular flexibility index (Phi) is 3.24. The van der Waals surface area contributed by atoms with Crippen LogP contribution >= 0.6 is 0 Å². The van der Waals surface area contributed by atoms with Crippen molar-refractivity contribution in [2.24, 2.45) is 5.92 Å². The third-order valence-electron chi connectivity index (χ3n) is 2.88. The van der Waals surface area contributed by atoms with Crippen LogP contribution in [0.25, 0.3) is 0 Å². The number of hydrogen-bond acceptors (Lipinski definition) is 3. The highest BCUT2D eigenvalue weighted by Gasteiger charge is 2.34. The summed E-state index contributed by atoms with van der Waals surface area (Å²) in [4.78, 5) is 3.70. The number of anilines is 1. The molecule has 0 bridgehead atoms. The van der Waals surface area contributed by atoms with Gasteiger partial charge in [0.15, 0.2) is 0 Å². The fourth-order valence-corrected chi connectivity index (χ4v) is 1.88. The van der Waals surface area contributed by atoms with E-state index in [9.17, 15) is 13.2 Å². The predicted molar refractivity (Wildman–Crippen MR) is 56.5 cm³/mol. The van der Waals surface area contributed by atoms with Gasteiger partial charge in [-0.25, -0.2) is 4.98 Å². The minimum Gasteiger partial charge on any atom is -0.393 e. The van der Waals surface area contributed by atoms with Crippen molar-refractivity contribution < 1.29 is 18.3 Å². The van der Waals surface area contributed by atoms with E-state index >= 15 is 0 Å². The molecule has 0 unspecified atom stereocenters. The average molecular weight is 246 g/mol. The topological polar surface area (TPSA) is 45.1 Å². The van der Waals surface area contributed by atoms with Crippen molar-refractivity contribution in [1.29, 1.82) is 0 Å². The molecule has 6 heteroatoms. The predicted octanol–water partition coefficient (Wildman–Crippen LogP) is 2.28. The second-order valence-electron chi connectivity index (χ2n) is 4.27. The van der Waals surface area contributed by atoms with E-state index in [0.717, 1.165) is 6.07 Å². The van der Waals surface area contributed by atoms with Crippen LogP contribution in [0.5, 0.6) is 0 Å². The molecule has 94 valence electrons. The van der Waals surface area contributed by atoms with Crippen LogP contribution in [0.3, 0.4) is 0 Å². The van der Waals surface area contributed by atoms with Crippen molar-refractivity contribution in [1.82, 2.24) is 4.98 Å². The lowest BCUT2D eigenvalue weighted by Crippen LogP contribution is -2.33. The smallest absolute Gasteiger partial charge is 0.393 e. The molecule has 17 heavy (non-hydrogen) atoms. The van der Waals surface area contributed by atoms with Crippen LogP contribution in [0.1, 0.15) is 18.4 Å². The number of aliphatic hydroxyl groups is 1. The van der Waals surface area contributed by atoms with Gasteiger partial charge in [0.1, 0.15) is 5.82 Å². The van der Waals surface area contributed by atoms with Crippen LogP contribution in [0.15, 0.2) is 18.3 Å². The van der Waals surface area contributed by atoms with E-state index in [2.05, 4.69) is 10.3 Å². The van der Waals surface area contributed by atoms with Gasteiger partial charge in [0.05, 0.1) is 11.7 Å². The van der Waals surface area contributed by atoms with E-state index < -0.39 is 11.7 Å². The molecule has 0 aliphatic heterocycles. The summed E-state index contributed by atoms with van der Waals surface area (Å²) < 4.78 is 37.8. The number of alkyl halides is 3. The number of nitrogens with zero attached hydrogens (tertiary/aromatic N) is 1. The summed E-state index contributed by atoms with van der Waals surface area (Å²) in [5.74, 6) is 0.0921. The van der Waals surface area contributed by atoms with Gasteiger partial charge in [-0.15, -0.1) is 0 Å². The van der Waals surface area contributed by atoms with Crippen molar-refractivity contribution in [3.05, 3.63) is 23.9 Å². The monoisotopic (exact) mass is 246 g/mol. The lowest BCUT2D eigenvalue weighted by molar-refractivity contribution is -0.137. The Morgan fingerprint density at radius 1 is 1.41 bits per heavy atom. The second-order valence-corrected chi connectivity index (χ2v) is 4.27. The minimum absolute atomic E-state index is 0.138. The molecule has 1 aliphatic rings. The zero-order chi connectivity index (χ0) is 12.5. The molecule has 1 saturated carbocycles. The highest BCUT2D eigenvalue weighted by molar-refractivity contribution is 5.45. The molecule has 0 spiro atoms. The number of aromatic nitrogens is 1. The molecule has 1 aliphatic carbocycles. The molecule has 1 fully saturated rings. The SMILES string of the molecule is OC1CC(CNc2ncccc2C(F)(F)F)C1. The molecular weight excluding hydrogens is 233 g/mol. The molecule has 0 atom stereocenters. The lowest BCUT2D eigenvalue weighted by Gasteiger charge is -2.31. The standard InChI is InChI=1S/C11H13F3N2O/c12-11(13,14)9-2-1-3-15-10(9)16-6-7-4-8(17)5-7/h1-3,7-8,17H,4-6H2,(H,15,16). The Labute approximate surface area is 96.7 Å². The van der Waals surface area contributed by atoms with E-state index in [1.807, 2.05) is 0 Å². The Hall–Kier alpha value is -1.30. The third kappa shape index (κ3) is 2.88. The molecular formula is C11H13F3N2O. The van der Waals surface area contributed by atoms with Crippen LogP contribution in [-0.4, -0.2) is 22.7 Å². The first kappa shape index (κ1) is 12.2. The van der Waals surface area contributed by atoms with Gasteiger partial charge in [0.25, 0.3) is 0 Å². The quantitative estimate of drug-likeness (QED) is 0.860. The van der Waals surface area contributed by atoms with Crippen molar-refractivity contribution in [2.75, 3.05) is 11.9 Å². The Morgan fingerprint density at radius 2 is 2.12 bits per heavy atom. The van der Waals surface area contributed by atoms with Crippen LogP contribution in [0.4, 0.5) is 19.0 Å². The summed E-state index contributed by atoms with van der Waals surface area (Å²) in [6, 6.07) is 2.27. The maximum atomic E-state index is 12.6. The molecule has 2 N–H and O–H groups in total. The van der Waals surface area contributed by atoms with E-state index in [1.54, 1.807) is 0 Å². The van der Waals surface area contributed by atoms with Crippen LogP contribution in [0.2, 0.25) is 0 Å². The van der Waals surface area contributed by atoms with Gasteiger partial charge < -0.3 is 10.4 Å². The molecule has 0 radical (unpaired) electrons. The Morgan fingerprint density at radius 3 is 2.71 bits per heavy atom. The fraction of sp³-hybridized carbons (Fsp3) is 0.545. The van der Waals surface area contributed by atoms with Gasteiger partial charge >= 0.3 is 6.18 Å². The zero-order valence-corrected chi connectivity index (χ0v) is 9.04. The summed E-state index contributed by atoms with van der Waals surface area (Å²) in [5.41, 5.74) is -0.750. The van der Waals surface area contributed by atoms with Crippen molar-refractivity contribution in [3.8, 4) is 0 Å². The summed E-state index contributed by atoms with van der Waals surface area (Å²) in [6.07, 6.45) is -2.08. The number of aliphatic hydroxyl groups excluding tert-OH is 1. The highest BCUT2D eigenvalue weighted by atomic mass is 19.4. The highest BCUT2D eigenvalue weighted by Crippen LogP contribution is 2.34. The van der Waals surface area contributed by atoms with Crippen molar-refractivity contribution >= 4 is 5.82 Å². The average Bonchev–Trinajstić information content (AvgIpc) is 2.22. The minimum atomic E-state index is -4.39. The van der Waals surface area contributed by atoms with Gasteiger partial charge in [-0.05, 0) is 30.9 Å². The molecule has 1 aromatic heterocycles. The summed E-state index contributed by atoms with van der Waals surface area (Å²) >= 11 is 0. The van der Waals surface area contributed by atoms with Crippen molar-refractivity contribution in [3.63, 3.8) is 0 Å². The first-order valence-corrected chi connectivity index (χ1v) is 5.41. The zero-order valence-electron chi connectivity index (χ0n) is 9.04. The lowest BCUT2D eigenvalue weighted by atomic mass is 9.82. The number of halogens is 3. The van der Waals surface area contributed by atoms with Crippen molar-refractivity contribution in [2.45, 2.75) is 25.1 Å². The van der Waals surface area contributed by atoms with Gasteiger partial charge in [-0.1, -0.05) is 0 Å². The van der Waals surface area contributed by atoms with Crippen LogP contribution < -0.4 is 5.32 Å². The number of pyridine rings is 1. The first-order valence-electron chi connectivity index (χ1n) is 5.41. The molecule has 1 aromatic rings. The molecule has 0 saturated heterocycles. The third-order valence-corrected chi connectivity index (χ3v) is 2.88. The number of rotatable bonds is 3. The largest absolute Gasteiger partial charge is 0.419 e. The van der Waals surface area contributed by atoms with Crippen LogP contribution in [-0.2, 0) is 6.18 Å². The van der Waals surface area contributed by atoms with Gasteiger partial charge in [-0.3, -0.25) is 0 Å². The van der Waals surface area contributed by atoms with E-state index in [1.165, 1.54) is 12.3 Å². The molecule has 0 amide bonds. The Bertz CT molecular complexity index is 389. The molecule has 1 heterocycles. The summed E-state index contributed by atoms with van der Waals surface area (Å²) in [5, 5.41) is 11.8. The number of nitrogens with one attached hydrogen (secondary N) is 1. The van der Waals surface area contributed by atoms with Gasteiger partial charge in [-0.2, -0.15) is 13.2 Å². The summed E-state index contributed by atoms with van der Waals surface area (Å²) in [6.45, 7) is 0.414. The maximum Gasteiger partial charge on any atom is 0.419 e. The fourth-order valence-electron chi connectivity index (χ4n) is 1.88. The van der Waals surface area contributed by atoms with E-state index in [0.29, 0.717) is 19.4 Å².